The third-order valence-corrected chi connectivity index (χ3v) is 4.82. The van der Waals surface area contributed by atoms with E-state index < -0.39 is 0 Å². The van der Waals surface area contributed by atoms with Crippen LogP contribution in [0.3, 0.4) is 0 Å². The quantitative estimate of drug-likeness (QED) is 0.706. The van der Waals surface area contributed by atoms with E-state index in [4.69, 9.17) is 44.3 Å². The minimum Gasteiger partial charge on any atom is -0.486 e. The molecular weight excluding hydrogens is 327 g/mol. The van der Waals surface area contributed by atoms with Gasteiger partial charge in [0.15, 0.2) is 11.5 Å². The third kappa shape index (κ3) is 2.65. The van der Waals surface area contributed by atoms with Crippen LogP contribution < -0.4 is 9.47 Å². The Morgan fingerprint density at radius 2 is 1.79 bits per heavy atom. The SMILES string of the molecule is Clc1cc(C(Cl)c2ccc3c(c2)OCCO3)c(Cl)s1. The molecule has 1 aliphatic rings. The highest BCUT2D eigenvalue weighted by atomic mass is 35.5. The van der Waals surface area contributed by atoms with Crippen molar-refractivity contribution in [3.63, 3.8) is 0 Å². The fourth-order valence-electron chi connectivity index (χ4n) is 1.92. The van der Waals surface area contributed by atoms with Gasteiger partial charge in [-0.3, -0.25) is 0 Å². The van der Waals surface area contributed by atoms with Crippen molar-refractivity contribution >= 4 is 46.1 Å². The number of rotatable bonds is 2. The molecule has 0 saturated heterocycles. The fraction of sp³-hybridized carbons (Fsp3) is 0.231. The van der Waals surface area contributed by atoms with E-state index in [1.54, 1.807) is 6.07 Å². The predicted molar refractivity (Wildman–Crippen MR) is 79.5 cm³/mol. The lowest BCUT2D eigenvalue weighted by molar-refractivity contribution is 0.171. The Hall–Kier alpha value is -0.610. The summed E-state index contributed by atoms with van der Waals surface area (Å²) in [7, 11) is 0. The number of alkyl halides is 1. The van der Waals surface area contributed by atoms with E-state index >= 15 is 0 Å². The van der Waals surface area contributed by atoms with Gasteiger partial charge in [-0.2, -0.15) is 0 Å². The summed E-state index contributed by atoms with van der Waals surface area (Å²) >= 11 is 19.8. The average molecular weight is 336 g/mol. The molecule has 0 amide bonds. The van der Waals surface area contributed by atoms with Crippen LogP contribution in [0.15, 0.2) is 24.3 Å². The van der Waals surface area contributed by atoms with Gasteiger partial charge in [-0.1, -0.05) is 29.3 Å². The molecule has 0 N–H and O–H groups in total. The molecular formula is C13H9Cl3O2S. The first-order chi connectivity index (χ1) is 9.15. The molecule has 2 aromatic rings. The van der Waals surface area contributed by atoms with Gasteiger partial charge in [-0.25, -0.2) is 0 Å². The number of benzene rings is 1. The lowest BCUT2D eigenvalue weighted by Crippen LogP contribution is -2.15. The molecule has 2 heterocycles. The maximum Gasteiger partial charge on any atom is 0.161 e. The van der Waals surface area contributed by atoms with Crippen LogP contribution in [0.5, 0.6) is 11.5 Å². The van der Waals surface area contributed by atoms with Crippen molar-refractivity contribution in [2.24, 2.45) is 0 Å². The van der Waals surface area contributed by atoms with Gasteiger partial charge in [0.1, 0.15) is 13.2 Å². The van der Waals surface area contributed by atoms with Crippen LogP contribution in [0.25, 0.3) is 0 Å². The van der Waals surface area contributed by atoms with E-state index in [-0.39, 0.29) is 5.38 Å². The summed E-state index contributed by atoms with van der Waals surface area (Å²) in [6, 6.07) is 7.45. The lowest BCUT2D eigenvalue weighted by atomic mass is 10.1. The van der Waals surface area contributed by atoms with Crippen LogP contribution in [-0.2, 0) is 0 Å². The smallest absolute Gasteiger partial charge is 0.161 e. The first-order valence-electron chi connectivity index (χ1n) is 5.63. The van der Waals surface area contributed by atoms with E-state index in [0.717, 1.165) is 16.9 Å². The first kappa shape index (κ1) is 13.4. The van der Waals surface area contributed by atoms with Crippen LogP contribution in [0.1, 0.15) is 16.5 Å². The zero-order valence-corrected chi connectivity index (χ0v) is 12.7. The molecule has 100 valence electrons. The Balaban J connectivity index is 1.95. The number of hydrogen-bond donors (Lipinski definition) is 0. The van der Waals surface area contributed by atoms with Gasteiger partial charge in [-0.15, -0.1) is 22.9 Å². The topological polar surface area (TPSA) is 18.5 Å². The summed E-state index contributed by atoms with van der Waals surface area (Å²) in [5, 5.41) is -0.355. The molecule has 19 heavy (non-hydrogen) atoms. The average Bonchev–Trinajstić information content (AvgIpc) is 2.76. The van der Waals surface area contributed by atoms with Gasteiger partial charge in [0.25, 0.3) is 0 Å². The fourth-order valence-corrected chi connectivity index (χ4v) is 3.88. The highest BCUT2D eigenvalue weighted by Crippen LogP contribution is 2.42. The van der Waals surface area contributed by atoms with E-state index in [9.17, 15) is 0 Å². The van der Waals surface area contributed by atoms with Gasteiger partial charge in [0, 0.05) is 5.56 Å². The third-order valence-electron chi connectivity index (χ3n) is 2.81. The number of thiophene rings is 1. The number of ether oxygens (including phenoxy) is 2. The van der Waals surface area contributed by atoms with Crippen molar-refractivity contribution in [1.82, 2.24) is 0 Å². The van der Waals surface area contributed by atoms with Crippen molar-refractivity contribution in [2.45, 2.75) is 5.38 Å². The molecule has 1 aromatic heterocycles. The number of halogens is 3. The lowest BCUT2D eigenvalue weighted by Gasteiger charge is -2.20. The second-order valence-corrected chi connectivity index (χ2v) is 6.77. The van der Waals surface area contributed by atoms with Gasteiger partial charge < -0.3 is 9.47 Å². The zero-order chi connectivity index (χ0) is 13.4. The summed E-state index contributed by atoms with van der Waals surface area (Å²) in [6.45, 7) is 1.12. The Morgan fingerprint density at radius 3 is 2.47 bits per heavy atom. The summed E-state index contributed by atoms with van der Waals surface area (Å²) in [6.07, 6.45) is 0. The molecule has 0 radical (unpaired) electrons. The maximum absolute atomic E-state index is 6.46. The molecule has 0 fully saturated rings. The minimum absolute atomic E-state index is 0.355. The zero-order valence-electron chi connectivity index (χ0n) is 9.66. The van der Waals surface area contributed by atoms with E-state index in [0.29, 0.717) is 27.6 Å². The molecule has 1 atom stereocenters. The minimum atomic E-state index is -0.355. The van der Waals surface area contributed by atoms with Crippen molar-refractivity contribution in [1.29, 1.82) is 0 Å². The highest BCUT2D eigenvalue weighted by molar-refractivity contribution is 7.20. The summed E-state index contributed by atoms with van der Waals surface area (Å²) < 4.78 is 12.3. The van der Waals surface area contributed by atoms with Crippen molar-refractivity contribution in [2.75, 3.05) is 13.2 Å². The first-order valence-corrected chi connectivity index (χ1v) is 7.64. The second-order valence-electron chi connectivity index (χ2n) is 4.05. The molecule has 6 heteroatoms. The molecule has 1 unspecified atom stereocenters. The number of hydrogen-bond acceptors (Lipinski definition) is 3. The maximum atomic E-state index is 6.46. The van der Waals surface area contributed by atoms with Crippen molar-refractivity contribution in [3.05, 3.63) is 44.1 Å². The molecule has 0 aliphatic carbocycles. The van der Waals surface area contributed by atoms with Crippen LogP contribution in [0.2, 0.25) is 8.67 Å². The highest BCUT2D eigenvalue weighted by Gasteiger charge is 2.20. The Bertz CT molecular complexity index is 612. The van der Waals surface area contributed by atoms with Gasteiger partial charge in [0.05, 0.1) is 14.0 Å². The number of fused-ring (bicyclic) bond motifs is 1. The van der Waals surface area contributed by atoms with E-state index in [1.807, 2.05) is 18.2 Å². The molecule has 1 aromatic carbocycles. The van der Waals surface area contributed by atoms with E-state index in [1.165, 1.54) is 11.3 Å². The monoisotopic (exact) mass is 334 g/mol. The van der Waals surface area contributed by atoms with Crippen LogP contribution in [0, 0.1) is 0 Å². The largest absolute Gasteiger partial charge is 0.486 e. The van der Waals surface area contributed by atoms with Gasteiger partial charge >= 0.3 is 0 Å². The van der Waals surface area contributed by atoms with Crippen LogP contribution in [0.4, 0.5) is 0 Å². The Morgan fingerprint density at radius 1 is 1.05 bits per heavy atom. The van der Waals surface area contributed by atoms with Gasteiger partial charge in [-0.05, 0) is 23.8 Å². The second kappa shape index (κ2) is 5.41. The molecule has 0 spiro atoms. The summed E-state index contributed by atoms with van der Waals surface area (Å²) in [4.78, 5) is 0. The molecule has 0 saturated carbocycles. The predicted octanol–water partition coefficient (Wildman–Crippen LogP) is 5.15. The Kier molecular flexibility index (Phi) is 3.81. The normalized spacial score (nSPS) is 15.3. The van der Waals surface area contributed by atoms with Crippen molar-refractivity contribution < 1.29 is 9.47 Å². The molecule has 1 aliphatic heterocycles. The molecule has 3 rings (SSSR count). The Labute approximate surface area is 129 Å². The standard InChI is InChI=1S/C13H9Cl3O2S/c14-11-6-8(13(16)19-11)12(15)7-1-2-9-10(5-7)18-4-3-17-9/h1-2,5-6,12H,3-4H2. The van der Waals surface area contributed by atoms with Crippen molar-refractivity contribution in [3.8, 4) is 11.5 Å². The summed E-state index contributed by atoms with van der Waals surface area (Å²) in [5.41, 5.74) is 1.72. The summed E-state index contributed by atoms with van der Waals surface area (Å²) in [5.74, 6) is 1.46. The van der Waals surface area contributed by atoms with Crippen LogP contribution >= 0.6 is 46.1 Å². The molecule has 0 bridgehead atoms. The van der Waals surface area contributed by atoms with E-state index in [2.05, 4.69) is 0 Å². The van der Waals surface area contributed by atoms with Crippen LogP contribution in [-0.4, -0.2) is 13.2 Å². The molecule has 2 nitrogen and oxygen atoms in total. The van der Waals surface area contributed by atoms with Gasteiger partial charge in [0.2, 0.25) is 0 Å².